The molecule has 4 heteroatoms. The second-order valence-corrected chi connectivity index (χ2v) is 8.50. The van der Waals surface area contributed by atoms with Crippen LogP contribution in [-0.2, 0) is 6.42 Å². The Morgan fingerprint density at radius 2 is 1.72 bits per heavy atom. The Bertz CT molecular complexity index is 911. The van der Waals surface area contributed by atoms with E-state index in [1.54, 1.807) is 0 Å². The number of benzene rings is 2. The zero-order valence-corrected chi connectivity index (χ0v) is 16.7. The molecule has 2 aromatic rings. The lowest BCUT2D eigenvalue weighted by Crippen LogP contribution is -2.29. The summed E-state index contributed by atoms with van der Waals surface area (Å²) in [6.07, 6.45) is 11.1. The van der Waals surface area contributed by atoms with Crippen molar-refractivity contribution in [1.29, 1.82) is 0 Å². The molecular formula is C25H26F4. The highest BCUT2D eigenvalue weighted by molar-refractivity contribution is 5.67. The highest BCUT2D eigenvalue weighted by atomic mass is 19.1. The molecule has 0 unspecified atom stereocenters. The molecule has 0 aromatic heterocycles. The average Bonchev–Trinajstić information content (AvgIpc) is 2.67. The summed E-state index contributed by atoms with van der Waals surface area (Å²) in [5.41, 5.74) is 0.888. The highest BCUT2D eigenvalue weighted by Crippen LogP contribution is 2.49. The average molecular weight is 402 g/mol. The zero-order chi connectivity index (χ0) is 20.5. The minimum Gasteiger partial charge on any atom is -0.207 e. The van der Waals surface area contributed by atoms with Crippen molar-refractivity contribution in [2.24, 2.45) is 11.8 Å². The van der Waals surface area contributed by atoms with E-state index in [1.807, 2.05) is 6.92 Å². The number of halogens is 4. The lowest BCUT2D eigenvalue weighted by Gasteiger charge is -2.41. The Hall–Kier alpha value is -2.10. The van der Waals surface area contributed by atoms with Crippen LogP contribution in [0, 0.1) is 35.1 Å². The van der Waals surface area contributed by atoms with Crippen LogP contribution in [0.15, 0.2) is 36.4 Å². The minimum absolute atomic E-state index is 0.0879. The van der Waals surface area contributed by atoms with Crippen LogP contribution in [0.4, 0.5) is 17.6 Å². The van der Waals surface area contributed by atoms with Crippen LogP contribution in [0.5, 0.6) is 0 Å². The molecule has 0 N–H and O–H groups in total. The summed E-state index contributed by atoms with van der Waals surface area (Å²) in [5.74, 6) is -1.75. The van der Waals surface area contributed by atoms with E-state index in [0.29, 0.717) is 29.9 Å². The summed E-state index contributed by atoms with van der Waals surface area (Å²) in [6.45, 7) is 2.03. The molecule has 2 aliphatic carbocycles. The lowest BCUT2D eigenvalue weighted by molar-refractivity contribution is 0.201. The third-order valence-electron chi connectivity index (χ3n) is 6.74. The van der Waals surface area contributed by atoms with Gasteiger partial charge in [-0.2, -0.15) is 0 Å². The first-order valence-electron chi connectivity index (χ1n) is 10.6. The van der Waals surface area contributed by atoms with Crippen LogP contribution in [0.2, 0.25) is 0 Å². The van der Waals surface area contributed by atoms with Crippen molar-refractivity contribution in [3.05, 3.63) is 70.8 Å². The van der Waals surface area contributed by atoms with Crippen LogP contribution in [0.25, 0.3) is 11.1 Å². The van der Waals surface area contributed by atoms with E-state index in [9.17, 15) is 13.2 Å². The molecule has 0 radical (unpaired) electrons. The lowest BCUT2D eigenvalue weighted by atomic mass is 9.64. The van der Waals surface area contributed by atoms with Gasteiger partial charge in [-0.25, -0.2) is 17.6 Å². The van der Waals surface area contributed by atoms with Gasteiger partial charge in [0, 0.05) is 6.07 Å². The number of fused-ring (bicyclic) bond motifs is 3. The van der Waals surface area contributed by atoms with E-state index >= 15 is 4.39 Å². The summed E-state index contributed by atoms with van der Waals surface area (Å²) in [6, 6.07) is 4.10. The summed E-state index contributed by atoms with van der Waals surface area (Å²) in [7, 11) is 0. The molecule has 0 amide bonds. The Labute approximate surface area is 169 Å². The maximum absolute atomic E-state index is 15.3. The van der Waals surface area contributed by atoms with Crippen LogP contribution in [-0.4, -0.2) is 0 Å². The normalized spacial score (nSPS) is 23.8. The van der Waals surface area contributed by atoms with E-state index in [4.69, 9.17) is 0 Å². The molecule has 0 saturated heterocycles. The molecule has 0 aliphatic heterocycles. The maximum Gasteiger partial charge on any atom is 0.137 e. The van der Waals surface area contributed by atoms with Crippen molar-refractivity contribution in [2.45, 2.75) is 57.8 Å². The molecule has 0 bridgehead atoms. The number of hydrogen-bond donors (Lipinski definition) is 0. The quantitative estimate of drug-likeness (QED) is 0.363. The molecule has 1 fully saturated rings. The molecule has 0 heterocycles. The smallest absolute Gasteiger partial charge is 0.137 e. The van der Waals surface area contributed by atoms with Gasteiger partial charge in [-0.1, -0.05) is 12.2 Å². The van der Waals surface area contributed by atoms with Gasteiger partial charge >= 0.3 is 0 Å². The first kappa shape index (κ1) is 20.2. The number of allylic oxidation sites excluding steroid dienone is 2. The van der Waals surface area contributed by atoms with Gasteiger partial charge in [-0.05, 0) is 105 Å². The summed E-state index contributed by atoms with van der Waals surface area (Å²) in [4.78, 5) is 0. The third-order valence-corrected chi connectivity index (χ3v) is 6.74. The minimum atomic E-state index is -0.840. The fourth-order valence-electron chi connectivity index (χ4n) is 5.41. The standard InChI is InChI=1S/C25H26F4/c1-2-3-4-5-15-6-8-20-16(10-15)7-9-21-22(20)14-23(28)24(25(21)29)17-11-18(26)13-19(27)12-17/h2-3,11-16,20H,4-10H2,1H3/b3-2+/t15-,16-,20+/m1/s1. The van der Waals surface area contributed by atoms with Gasteiger partial charge in [-0.3, -0.25) is 0 Å². The fourth-order valence-corrected chi connectivity index (χ4v) is 5.41. The van der Waals surface area contributed by atoms with Crippen LogP contribution in [0.3, 0.4) is 0 Å². The van der Waals surface area contributed by atoms with E-state index in [0.717, 1.165) is 49.8 Å². The molecule has 2 aromatic carbocycles. The first-order chi connectivity index (χ1) is 14.0. The molecule has 4 rings (SSSR count). The molecule has 1 saturated carbocycles. The second kappa shape index (κ2) is 8.33. The molecule has 154 valence electrons. The molecule has 29 heavy (non-hydrogen) atoms. The van der Waals surface area contributed by atoms with Crippen LogP contribution < -0.4 is 0 Å². The van der Waals surface area contributed by atoms with Gasteiger partial charge in [-0.15, -0.1) is 0 Å². The summed E-state index contributed by atoms with van der Waals surface area (Å²) >= 11 is 0. The zero-order valence-electron chi connectivity index (χ0n) is 16.7. The van der Waals surface area contributed by atoms with Crippen LogP contribution >= 0.6 is 0 Å². The fraction of sp³-hybridized carbons (Fsp3) is 0.440. The number of hydrogen-bond acceptors (Lipinski definition) is 0. The van der Waals surface area contributed by atoms with Crippen molar-refractivity contribution in [3.8, 4) is 11.1 Å². The van der Waals surface area contributed by atoms with Crippen molar-refractivity contribution < 1.29 is 17.6 Å². The highest BCUT2D eigenvalue weighted by Gasteiger charge is 2.37. The van der Waals surface area contributed by atoms with Crippen molar-refractivity contribution in [3.63, 3.8) is 0 Å². The van der Waals surface area contributed by atoms with Crippen molar-refractivity contribution in [2.75, 3.05) is 0 Å². The van der Waals surface area contributed by atoms with E-state index in [1.165, 1.54) is 12.5 Å². The monoisotopic (exact) mass is 402 g/mol. The van der Waals surface area contributed by atoms with Crippen molar-refractivity contribution >= 4 is 0 Å². The van der Waals surface area contributed by atoms with E-state index in [-0.39, 0.29) is 17.0 Å². The SMILES string of the molecule is C/C=C/CC[C@@H]1CC[C@@H]2c3cc(F)c(-c4cc(F)cc(F)c4)c(F)c3CC[C@@H]2C1. The van der Waals surface area contributed by atoms with Gasteiger partial charge in [0.2, 0.25) is 0 Å². The second-order valence-electron chi connectivity index (χ2n) is 8.50. The van der Waals surface area contributed by atoms with Gasteiger partial charge < -0.3 is 0 Å². The molecule has 0 spiro atoms. The topological polar surface area (TPSA) is 0 Å². The maximum atomic E-state index is 15.3. The van der Waals surface area contributed by atoms with Gasteiger partial charge in [0.15, 0.2) is 0 Å². The summed E-state index contributed by atoms with van der Waals surface area (Å²) < 4.78 is 57.4. The molecule has 2 aliphatic rings. The Balaban J connectivity index is 1.64. The molecule has 3 atom stereocenters. The first-order valence-corrected chi connectivity index (χ1v) is 10.6. The Kier molecular flexibility index (Phi) is 5.80. The largest absolute Gasteiger partial charge is 0.207 e. The van der Waals surface area contributed by atoms with E-state index in [2.05, 4.69) is 12.2 Å². The Morgan fingerprint density at radius 3 is 2.45 bits per heavy atom. The predicted molar refractivity (Wildman–Crippen MR) is 108 cm³/mol. The Morgan fingerprint density at radius 1 is 0.966 bits per heavy atom. The number of rotatable bonds is 4. The van der Waals surface area contributed by atoms with E-state index < -0.39 is 23.3 Å². The molecule has 0 nitrogen and oxygen atoms in total. The summed E-state index contributed by atoms with van der Waals surface area (Å²) in [5, 5.41) is 0. The predicted octanol–water partition coefficient (Wildman–Crippen LogP) is 7.71. The van der Waals surface area contributed by atoms with Crippen molar-refractivity contribution in [1.82, 2.24) is 0 Å². The molecular weight excluding hydrogens is 376 g/mol. The van der Waals surface area contributed by atoms with Crippen LogP contribution in [0.1, 0.15) is 62.5 Å². The van der Waals surface area contributed by atoms with Gasteiger partial charge in [0.1, 0.15) is 23.3 Å². The third kappa shape index (κ3) is 3.99. The van der Waals surface area contributed by atoms with Gasteiger partial charge in [0.05, 0.1) is 5.56 Å². The van der Waals surface area contributed by atoms with Gasteiger partial charge in [0.25, 0.3) is 0 Å².